The van der Waals surface area contributed by atoms with Gasteiger partial charge in [0.25, 0.3) is 0 Å². The number of carbonyl (C=O) groups excluding carboxylic acids is 1. The van der Waals surface area contributed by atoms with E-state index in [1.54, 1.807) is 14.0 Å². The maximum Gasteiger partial charge on any atom is 0.334 e. The minimum atomic E-state index is -0.287. The van der Waals surface area contributed by atoms with Crippen molar-refractivity contribution < 1.29 is 14.3 Å². The van der Waals surface area contributed by atoms with E-state index in [4.69, 9.17) is 9.47 Å². The molecule has 0 unspecified atom stereocenters. The maximum absolute atomic E-state index is 11.4. The molecule has 0 amide bonds. The molecular formula is C12H21NO3. The van der Waals surface area contributed by atoms with Gasteiger partial charge in [-0.25, -0.2) is 4.79 Å². The lowest BCUT2D eigenvalue weighted by molar-refractivity contribution is -0.138. The Balaban J connectivity index is 2.35. The molecule has 0 spiro atoms. The normalized spacial score (nSPS) is 15.2. The molecule has 1 fully saturated rings. The molecule has 0 aromatic rings. The van der Waals surface area contributed by atoms with Gasteiger partial charge >= 0.3 is 5.97 Å². The molecule has 4 heteroatoms. The van der Waals surface area contributed by atoms with Crippen molar-refractivity contribution in [3.63, 3.8) is 0 Å². The van der Waals surface area contributed by atoms with E-state index in [2.05, 4.69) is 11.5 Å². The molecule has 16 heavy (non-hydrogen) atoms. The Bertz CT molecular complexity index is 249. The van der Waals surface area contributed by atoms with Crippen molar-refractivity contribution in [2.45, 2.75) is 25.8 Å². The van der Waals surface area contributed by atoms with Crippen LogP contribution in [0, 0.1) is 0 Å². The fraction of sp³-hybridized carbons (Fsp3) is 0.750. The standard InChI is InChI=1S/C12H21NO3/c1-4-16-12(14)10(2)9-13(7-8-15-3)11-5-6-11/h11H,2,4-9H2,1,3H3. The van der Waals surface area contributed by atoms with E-state index < -0.39 is 0 Å². The number of nitrogens with zero attached hydrogens (tertiary/aromatic N) is 1. The second kappa shape index (κ2) is 6.66. The summed E-state index contributed by atoms with van der Waals surface area (Å²) in [6.45, 7) is 8.10. The molecule has 0 aliphatic heterocycles. The van der Waals surface area contributed by atoms with Crippen LogP contribution in [-0.2, 0) is 14.3 Å². The van der Waals surface area contributed by atoms with Crippen LogP contribution in [0.5, 0.6) is 0 Å². The highest BCUT2D eigenvalue weighted by Crippen LogP contribution is 2.27. The molecule has 0 atom stereocenters. The average Bonchev–Trinajstić information content (AvgIpc) is 3.08. The minimum absolute atomic E-state index is 0.287. The fourth-order valence-electron chi connectivity index (χ4n) is 1.58. The number of methoxy groups -OCH3 is 1. The van der Waals surface area contributed by atoms with Gasteiger partial charge in [-0.15, -0.1) is 0 Å². The van der Waals surface area contributed by atoms with Crippen LogP contribution in [-0.4, -0.2) is 50.3 Å². The van der Waals surface area contributed by atoms with Gasteiger partial charge in [0.1, 0.15) is 0 Å². The third kappa shape index (κ3) is 4.33. The number of hydrogen-bond acceptors (Lipinski definition) is 4. The Hall–Kier alpha value is -0.870. The second-order valence-corrected chi connectivity index (χ2v) is 4.02. The van der Waals surface area contributed by atoms with E-state index in [-0.39, 0.29) is 5.97 Å². The molecular weight excluding hydrogens is 206 g/mol. The summed E-state index contributed by atoms with van der Waals surface area (Å²) < 4.78 is 9.97. The molecule has 1 saturated carbocycles. The van der Waals surface area contributed by atoms with Crippen LogP contribution < -0.4 is 0 Å². The van der Waals surface area contributed by atoms with Crippen molar-refractivity contribution in [1.82, 2.24) is 4.90 Å². The van der Waals surface area contributed by atoms with E-state index in [1.165, 1.54) is 12.8 Å². The third-order valence-corrected chi connectivity index (χ3v) is 2.60. The summed E-state index contributed by atoms with van der Waals surface area (Å²) in [5, 5.41) is 0. The van der Waals surface area contributed by atoms with Gasteiger partial charge in [-0.2, -0.15) is 0 Å². The highest BCUT2D eigenvalue weighted by molar-refractivity contribution is 5.88. The maximum atomic E-state index is 11.4. The lowest BCUT2D eigenvalue weighted by atomic mass is 10.2. The third-order valence-electron chi connectivity index (χ3n) is 2.60. The molecule has 1 aliphatic rings. The van der Waals surface area contributed by atoms with Crippen LogP contribution >= 0.6 is 0 Å². The van der Waals surface area contributed by atoms with Gasteiger partial charge in [0, 0.05) is 31.8 Å². The molecule has 0 N–H and O–H groups in total. The first-order chi connectivity index (χ1) is 7.69. The number of hydrogen-bond donors (Lipinski definition) is 0. The lowest BCUT2D eigenvalue weighted by Gasteiger charge is -2.21. The Morgan fingerprint density at radius 1 is 1.50 bits per heavy atom. The Labute approximate surface area is 97.2 Å². The zero-order valence-corrected chi connectivity index (χ0v) is 10.2. The number of ether oxygens (including phenoxy) is 2. The molecule has 0 aromatic heterocycles. The van der Waals surface area contributed by atoms with Gasteiger partial charge in [0.2, 0.25) is 0 Å². The lowest BCUT2D eigenvalue weighted by Crippen LogP contribution is -2.33. The minimum Gasteiger partial charge on any atom is -0.463 e. The molecule has 1 rings (SSSR count). The van der Waals surface area contributed by atoms with Crippen LogP contribution in [0.1, 0.15) is 19.8 Å². The summed E-state index contributed by atoms with van der Waals surface area (Å²) in [5.41, 5.74) is 0.532. The van der Waals surface area contributed by atoms with Gasteiger partial charge in [-0.05, 0) is 19.8 Å². The van der Waals surface area contributed by atoms with E-state index >= 15 is 0 Å². The molecule has 4 nitrogen and oxygen atoms in total. The van der Waals surface area contributed by atoms with E-state index in [0.29, 0.717) is 31.4 Å². The Morgan fingerprint density at radius 2 is 2.19 bits per heavy atom. The van der Waals surface area contributed by atoms with E-state index in [9.17, 15) is 4.79 Å². The summed E-state index contributed by atoms with van der Waals surface area (Å²) >= 11 is 0. The highest BCUT2D eigenvalue weighted by atomic mass is 16.5. The molecule has 0 aromatic carbocycles. The first-order valence-electron chi connectivity index (χ1n) is 5.77. The number of rotatable bonds is 8. The number of carbonyl (C=O) groups is 1. The predicted molar refractivity (Wildman–Crippen MR) is 62.2 cm³/mol. The van der Waals surface area contributed by atoms with Crippen molar-refractivity contribution in [3.05, 3.63) is 12.2 Å². The fourth-order valence-corrected chi connectivity index (χ4v) is 1.58. The first kappa shape index (κ1) is 13.2. The summed E-state index contributed by atoms with van der Waals surface area (Å²) in [5.74, 6) is -0.287. The zero-order chi connectivity index (χ0) is 12.0. The number of esters is 1. The summed E-state index contributed by atoms with van der Waals surface area (Å²) in [4.78, 5) is 13.7. The predicted octanol–water partition coefficient (Wildman–Crippen LogP) is 1.22. The van der Waals surface area contributed by atoms with Crippen molar-refractivity contribution >= 4 is 5.97 Å². The van der Waals surface area contributed by atoms with Gasteiger partial charge in [0.05, 0.1) is 13.2 Å². The second-order valence-electron chi connectivity index (χ2n) is 4.02. The molecule has 1 aliphatic carbocycles. The Kier molecular flexibility index (Phi) is 5.49. The molecule has 92 valence electrons. The molecule has 0 bridgehead atoms. The van der Waals surface area contributed by atoms with Crippen molar-refractivity contribution in [1.29, 1.82) is 0 Å². The van der Waals surface area contributed by atoms with Crippen molar-refractivity contribution in [2.75, 3.05) is 33.4 Å². The van der Waals surface area contributed by atoms with Crippen LogP contribution in [0.15, 0.2) is 12.2 Å². The summed E-state index contributed by atoms with van der Waals surface area (Å²) in [7, 11) is 1.69. The zero-order valence-electron chi connectivity index (χ0n) is 10.2. The highest BCUT2D eigenvalue weighted by Gasteiger charge is 2.29. The van der Waals surface area contributed by atoms with Crippen molar-refractivity contribution in [3.8, 4) is 0 Å². The SMILES string of the molecule is C=C(CN(CCOC)C1CC1)C(=O)OCC. The first-order valence-corrected chi connectivity index (χ1v) is 5.77. The Morgan fingerprint density at radius 3 is 2.69 bits per heavy atom. The van der Waals surface area contributed by atoms with Gasteiger partial charge < -0.3 is 9.47 Å². The summed E-state index contributed by atoms with van der Waals surface area (Å²) in [6, 6.07) is 0.598. The quantitative estimate of drug-likeness (QED) is 0.461. The van der Waals surface area contributed by atoms with Crippen LogP contribution in [0.2, 0.25) is 0 Å². The molecule has 0 saturated heterocycles. The summed E-state index contributed by atoms with van der Waals surface area (Å²) in [6.07, 6.45) is 2.42. The van der Waals surface area contributed by atoms with Gasteiger partial charge in [0.15, 0.2) is 0 Å². The van der Waals surface area contributed by atoms with Crippen LogP contribution in [0.25, 0.3) is 0 Å². The topological polar surface area (TPSA) is 38.8 Å². The van der Waals surface area contributed by atoms with Gasteiger partial charge in [-0.3, -0.25) is 4.90 Å². The van der Waals surface area contributed by atoms with E-state index in [1.807, 2.05) is 0 Å². The van der Waals surface area contributed by atoms with Crippen molar-refractivity contribution in [2.24, 2.45) is 0 Å². The van der Waals surface area contributed by atoms with E-state index in [0.717, 1.165) is 6.54 Å². The average molecular weight is 227 g/mol. The molecule has 0 radical (unpaired) electrons. The van der Waals surface area contributed by atoms with Crippen LogP contribution in [0.4, 0.5) is 0 Å². The van der Waals surface area contributed by atoms with Gasteiger partial charge in [-0.1, -0.05) is 6.58 Å². The largest absolute Gasteiger partial charge is 0.463 e. The monoisotopic (exact) mass is 227 g/mol. The molecule has 0 heterocycles. The smallest absolute Gasteiger partial charge is 0.334 e. The van der Waals surface area contributed by atoms with Crippen LogP contribution in [0.3, 0.4) is 0 Å².